The zero-order valence-electron chi connectivity index (χ0n) is 10.2. The van der Waals surface area contributed by atoms with Gasteiger partial charge in [0.1, 0.15) is 0 Å². The largest absolute Gasteiger partial charge is 0.0851 e. The Morgan fingerprint density at radius 1 is 1.21 bits per heavy atom. The first-order chi connectivity index (χ1) is 6.76. The third-order valence-corrected chi connectivity index (χ3v) is 3.69. The van der Waals surface area contributed by atoms with Gasteiger partial charge in [0.05, 0.1) is 0 Å². The molecule has 0 heteroatoms. The van der Waals surface area contributed by atoms with Crippen LogP contribution in [0.25, 0.3) is 0 Å². The van der Waals surface area contributed by atoms with Crippen molar-refractivity contribution in [3.05, 3.63) is 11.6 Å². The van der Waals surface area contributed by atoms with E-state index in [1.165, 1.54) is 44.9 Å². The predicted octanol–water partition coefficient (Wildman–Crippen LogP) is 4.95. The molecule has 0 radical (unpaired) electrons. The SMILES string of the molecule is CCC(=CCC1CCCC(C)C1)CC. The molecule has 0 amide bonds. The Hall–Kier alpha value is -0.260. The van der Waals surface area contributed by atoms with Gasteiger partial charge in [0, 0.05) is 0 Å². The molecule has 1 aliphatic rings. The molecule has 0 aromatic carbocycles. The maximum absolute atomic E-state index is 2.52. The van der Waals surface area contributed by atoms with Crippen LogP contribution in [0.15, 0.2) is 11.6 Å². The van der Waals surface area contributed by atoms with Gasteiger partial charge in [0.2, 0.25) is 0 Å². The van der Waals surface area contributed by atoms with E-state index in [4.69, 9.17) is 0 Å². The highest BCUT2D eigenvalue weighted by Crippen LogP contribution is 2.31. The zero-order valence-corrected chi connectivity index (χ0v) is 10.2. The van der Waals surface area contributed by atoms with Crippen LogP contribution in [0.5, 0.6) is 0 Å². The Bertz CT molecular complexity index is 172. The summed E-state index contributed by atoms with van der Waals surface area (Å²) in [6.07, 6.45) is 12.2. The molecular formula is C14H26. The molecule has 0 spiro atoms. The second-order valence-electron chi connectivity index (χ2n) is 4.94. The highest BCUT2D eigenvalue weighted by atomic mass is 14.2. The molecule has 0 heterocycles. The van der Waals surface area contributed by atoms with Crippen molar-refractivity contribution in [1.82, 2.24) is 0 Å². The van der Waals surface area contributed by atoms with Gasteiger partial charge in [-0.2, -0.15) is 0 Å². The van der Waals surface area contributed by atoms with Crippen molar-refractivity contribution in [2.75, 3.05) is 0 Å². The minimum Gasteiger partial charge on any atom is -0.0851 e. The van der Waals surface area contributed by atoms with Crippen LogP contribution in [0, 0.1) is 11.8 Å². The molecule has 2 unspecified atom stereocenters. The van der Waals surface area contributed by atoms with Gasteiger partial charge < -0.3 is 0 Å². The van der Waals surface area contributed by atoms with Crippen LogP contribution in [-0.4, -0.2) is 0 Å². The molecule has 0 N–H and O–H groups in total. The first kappa shape index (κ1) is 11.8. The lowest BCUT2D eigenvalue weighted by atomic mass is 9.80. The summed E-state index contributed by atoms with van der Waals surface area (Å²) >= 11 is 0. The molecule has 0 saturated heterocycles. The first-order valence-electron chi connectivity index (χ1n) is 6.44. The van der Waals surface area contributed by atoms with Gasteiger partial charge >= 0.3 is 0 Å². The van der Waals surface area contributed by atoms with Crippen LogP contribution >= 0.6 is 0 Å². The van der Waals surface area contributed by atoms with Crippen molar-refractivity contribution in [3.8, 4) is 0 Å². The van der Waals surface area contributed by atoms with Gasteiger partial charge in [-0.3, -0.25) is 0 Å². The van der Waals surface area contributed by atoms with Crippen LogP contribution in [0.2, 0.25) is 0 Å². The Balaban J connectivity index is 2.32. The standard InChI is InChI=1S/C14H26/c1-4-13(5-2)9-10-14-8-6-7-12(3)11-14/h9,12,14H,4-8,10-11H2,1-3H3. The van der Waals surface area contributed by atoms with Gasteiger partial charge in [0.15, 0.2) is 0 Å². The number of allylic oxidation sites excluding steroid dienone is 2. The molecule has 0 aromatic rings. The van der Waals surface area contributed by atoms with Gasteiger partial charge in [-0.25, -0.2) is 0 Å². The topological polar surface area (TPSA) is 0 Å². The third kappa shape index (κ3) is 3.86. The maximum Gasteiger partial charge on any atom is -0.0319 e. The number of rotatable bonds is 4. The highest BCUT2D eigenvalue weighted by Gasteiger charge is 2.17. The summed E-state index contributed by atoms with van der Waals surface area (Å²) in [6.45, 7) is 6.97. The van der Waals surface area contributed by atoms with Crippen LogP contribution in [-0.2, 0) is 0 Å². The van der Waals surface area contributed by atoms with Gasteiger partial charge in [0.25, 0.3) is 0 Å². The van der Waals surface area contributed by atoms with E-state index >= 15 is 0 Å². The predicted molar refractivity (Wildman–Crippen MR) is 64.4 cm³/mol. The summed E-state index contributed by atoms with van der Waals surface area (Å²) in [6, 6.07) is 0. The monoisotopic (exact) mass is 194 g/mol. The lowest BCUT2D eigenvalue weighted by molar-refractivity contribution is 0.284. The second-order valence-corrected chi connectivity index (χ2v) is 4.94. The van der Waals surface area contributed by atoms with Crippen molar-refractivity contribution in [1.29, 1.82) is 0 Å². The Morgan fingerprint density at radius 2 is 1.93 bits per heavy atom. The fraction of sp³-hybridized carbons (Fsp3) is 0.857. The molecule has 0 nitrogen and oxygen atoms in total. The summed E-state index contributed by atoms with van der Waals surface area (Å²) in [5.74, 6) is 1.97. The minimum absolute atomic E-state index is 0.980. The molecule has 0 aliphatic heterocycles. The van der Waals surface area contributed by atoms with Crippen LogP contribution in [0.3, 0.4) is 0 Å². The van der Waals surface area contributed by atoms with Crippen LogP contribution in [0.4, 0.5) is 0 Å². The van der Waals surface area contributed by atoms with E-state index < -0.39 is 0 Å². The normalized spacial score (nSPS) is 27.4. The maximum atomic E-state index is 2.52. The fourth-order valence-electron chi connectivity index (χ4n) is 2.65. The molecule has 82 valence electrons. The van der Waals surface area contributed by atoms with E-state index in [0.717, 1.165) is 11.8 Å². The fourth-order valence-corrected chi connectivity index (χ4v) is 2.65. The molecule has 1 aliphatic carbocycles. The number of hydrogen-bond acceptors (Lipinski definition) is 0. The molecular weight excluding hydrogens is 168 g/mol. The quantitative estimate of drug-likeness (QED) is 0.555. The van der Waals surface area contributed by atoms with E-state index in [1.54, 1.807) is 5.57 Å². The summed E-state index contributed by atoms with van der Waals surface area (Å²) in [4.78, 5) is 0. The number of hydrogen-bond donors (Lipinski definition) is 0. The average Bonchev–Trinajstić information content (AvgIpc) is 2.19. The highest BCUT2D eigenvalue weighted by molar-refractivity contribution is 5.01. The second kappa shape index (κ2) is 6.27. The first-order valence-corrected chi connectivity index (χ1v) is 6.44. The smallest absolute Gasteiger partial charge is 0.0319 e. The summed E-state index contributed by atoms with van der Waals surface area (Å²) in [5.41, 5.74) is 1.66. The molecule has 0 bridgehead atoms. The molecule has 1 fully saturated rings. The third-order valence-electron chi connectivity index (χ3n) is 3.69. The van der Waals surface area contributed by atoms with Crippen LogP contribution in [0.1, 0.15) is 65.7 Å². The minimum atomic E-state index is 0.980. The Labute approximate surface area is 89.8 Å². The lowest BCUT2D eigenvalue weighted by Gasteiger charge is -2.25. The van der Waals surface area contributed by atoms with E-state index in [0.29, 0.717) is 0 Å². The molecule has 14 heavy (non-hydrogen) atoms. The van der Waals surface area contributed by atoms with Crippen LogP contribution < -0.4 is 0 Å². The zero-order chi connectivity index (χ0) is 10.4. The Kier molecular flexibility index (Phi) is 5.29. The van der Waals surface area contributed by atoms with Gasteiger partial charge in [-0.05, 0) is 37.5 Å². The molecule has 1 saturated carbocycles. The van der Waals surface area contributed by atoms with E-state index in [9.17, 15) is 0 Å². The van der Waals surface area contributed by atoms with Crippen molar-refractivity contribution < 1.29 is 0 Å². The van der Waals surface area contributed by atoms with Crippen molar-refractivity contribution in [2.45, 2.75) is 65.7 Å². The molecule has 0 aromatic heterocycles. The molecule has 1 rings (SSSR count). The molecule has 2 atom stereocenters. The Morgan fingerprint density at radius 3 is 2.50 bits per heavy atom. The summed E-state index contributed by atoms with van der Waals surface area (Å²) < 4.78 is 0. The van der Waals surface area contributed by atoms with E-state index in [-0.39, 0.29) is 0 Å². The van der Waals surface area contributed by atoms with E-state index in [1.807, 2.05) is 0 Å². The summed E-state index contributed by atoms with van der Waals surface area (Å²) in [5, 5.41) is 0. The van der Waals surface area contributed by atoms with Crippen molar-refractivity contribution >= 4 is 0 Å². The average molecular weight is 194 g/mol. The van der Waals surface area contributed by atoms with Gasteiger partial charge in [-0.1, -0.05) is 51.7 Å². The van der Waals surface area contributed by atoms with Crippen molar-refractivity contribution in [2.24, 2.45) is 11.8 Å². The van der Waals surface area contributed by atoms with E-state index in [2.05, 4.69) is 26.8 Å². The van der Waals surface area contributed by atoms with Gasteiger partial charge in [-0.15, -0.1) is 0 Å². The lowest BCUT2D eigenvalue weighted by Crippen LogP contribution is -2.12. The summed E-state index contributed by atoms with van der Waals surface area (Å²) in [7, 11) is 0. The van der Waals surface area contributed by atoms with Crippen molar-refractivity contribution in [3.63, 3.8) is 0 Å².